The van der Waals surface area contributed by atoms with Crippen molar-refractivity contribution in [2.45, 2.75) is 20.0 Å². The number of carbonyl (C=O) groups excluding carboxylic acids is 2. The third kappa shape index (κ3) is 4.52. The molecule has 7 nitrogen and oxygen atoms in total. The van der Waals surface area contributed by atoms with Gasteiger partial charge >= 0.3 is 0 Å². The van der Waals surface area contributed by atoms with Gasteiger partial charge in [0.25, 0.3) is 11.8 Å². The molecule has 2 heterocycles. The number of β-amino-alcohol motifs (C(OH)–C–C–N with tert-alkyl or cyclic N) is 1. The average Bonchev–Trinajstić information content (AvgIpc) is 2.94. The monoisotopic (exact) mass is 399 g/mol. The SMILES string of the molecule is C=CCN1C(=O)C(c2ccc(OC(C)C)cc2)=C(N2CCN(CCO)CC2)C1=O. The summed E-state index contributed by atoms with van der Waals surface area (Å²) in [6, 6.07) is 7.31. The maximum atomic E-state index is 13.1. The molecule has 0 saturated carbocycles. The van der Waals surface area contributed by atoms with Crippen LogP contribution in [0.4, 0.5) is 0 Å². The summed E-state index contributed by atoms with van der Waals surface area (Å²) >= 11 is 0. The van der Waals surface area contributed by atoms with E-state index in [0.717, 1.165) is 18.8 Å². The van der Waals surface area contributed by atoms with Crippen molar-refractivity contribution in [2.24, 2.45) is 0 Å². The number of benzene rings is 1. The molecular weight excluding hydrogens is 370 g/mol. The van der Waals surface area contributed by atoms with Gasteiger partial charge in [-0.05, 0) is 31.5 Å². The molecular formula is C22H29N3O4. The van der Waals surface area contributed by atoms with Crippen LogP contribution in [0.1, 0.15) is 19.4 Å². The molecule has 0 atom stereocenters. The van der Waals surface area contributed by atoms with Crippen molar-refractivity contribution in [1.82, 2.24) is 14.7 Å². The second kappa shape index (κ2) is 9.24. The zero-order chi connectivity index (χ0) is 21.0. The molecule has 1 aromatic carbocycles. The van der Waals surface area contributed by atoms with E-state index in [1.54, 1.807) is 6.08 Å². The number of rotatable bonds is 8. The van der Waals surface area contributed by atoms with Gasteiger partial charge in [0.1, 0.15) is 11.4 Å². The van der Waals surface area contributed by atoms with Crippen LogP contribution in [0, 0.1) is 0 Å². The third-order valence-electron chi connectivity index (χ3n) is 5.07. The van der Waals surface area contributed by atoms with Crippen LogP contribution in [0.2, 0.25) is 0 Å². The topological polar surface area (TPSA) is 73.3 Å². The Morgan fingerprint density at radius 2 is 1.76 bits per heavy atom. The summed E-state index contributed by atoms with van der Waals surface area (Å²) in [5.74, 6) is 0.159. The van der Waals surface area contributed by atoms with E-state index in [-0.39, 0.29) is 31.1 Å². The highest BCUT2D eigenvalue weighted by molar-refractivity contribution is 6.35. The van der Waals surface area contributed by atoms with Crippen LogP contribution in [-0.2, 0) is 9.59 Å². The molecule has 0 aromatic heterocycles. The fraction of sp³-hybridized carbons (Fsp3) is 0.455. The quantitative estimate of drug-likeness (QED) is 0.526. The third-order valence-corrected chi connectivity index (χ3v) is 5.07. The predicted octanol–water partition coefficient (Wildman–Crippen LogP) is 1.35. The Morgan fingerprint density at radius 1 is 1.10 bits per heavy atom. The van der Waals surface area contributed by atoms with E-state index in [2.05, 4.69) is 11.5 Å². The Balaban J connectivity index is 1.92. The van der Waals surface area contributed by atoms with Crippen molar-refractivity contribution < 1.29 is 19.4 Å². The number of ether oxygens (including phenoxy) is 1. The van der Waals surface area contributed by atoms with Crippen LogP contribution < -0.4 is 4.74 Å². The van der Waals surface area contributed by atoms with Gasteiger partial charge in [-0.1, -0.05) is 18.2 Å². The van der Waals surface area contributed by atoms with E-state index in [4.69, 9.17) is 9.84 Å². The lowest BCUT2D eigenvalue weighted by molar-refractivity contribution is -0.137. The molecule has 1 aromatic rings. The Bertz CT molecular complexity index is 793. The zero-order valence-electron chi connectivity index (χ0n) is 17.1. The van der Waals surface area contributed by atoms with Crippen LogP contribution in [0.5, 0.6) is 5.75 Å². The maximum Gasteiger partial charge on any atom is 0.278 e. The van der Waals surface area contributed by atoms with Crippen LogP contribution in [0.25, 0.3) is 5.57 Å². The molecule has 1 N–H and O–H groups in total. The number of hydrogen-bond acceptors (Lipinski definition) is 6. The summed E-state index contributed by atoms with van der Waals surface area (Å²) in [5.41, 5.74) is 1.60. The van der Waals surface area contributed by atoms with E-state index < -0.39 is 0 Å². The van der Waals surface area contributed by atoms with E-state index in [0.29, 0.717) is 36.5 Å². The number of hydrogen-bond donors (Lipinski definition) is 1. The minimum Gasteiger partial charge on any atom is -0.491 e. The highest BCUT2D eigenvalue weighted by Gasteiger charge is 2.41. The highest BCUT2D eigenvalue weighted by Crippen LogP contribution is 2.33. The predicted molar refractivity (Wildman–Crippen MR) is 111 cm³/mol. The number of amides is 2. The minimum absolute atomic E-state index is 0.0589. The number of aliphatic hydroxyl groups excluding tert-OH is 1. The first-order valence-electron chi connectivity index (χ1n) is 10.0. The second-order valence-corrected chi connectivity index (χ2v) is 7.48. The largest absolute Gasteiger partial charge is 0.491 e. The first-order chi connectivity index (χ1) is 14.0. The maximum absolute atomic E-state index is 13.1. The molecule has 2 amide bonds. The molecule has 0 unspecified atom stereocenters. The average molecular weight is 399 g/mol. The number of piperazine rings is 1. The smallest absolute Gasteiger partial charge is 0.278 e. The van der Waals surface area contributed by atoms with Crippen molar-refractivity contribution >= 4 is 17.4 Å². The minimum atomic E-state index is -0.291. The molecule has 3 rings (SSSR count). The molecule has 2 aliphatic rings. The summed E-state index contributed by atoms with van der Waals surface area (Å²) in [7, 11) is 0. The molecule has 0 radical (unpaired) electrons. The molecule has 156 valence electrons. The van der Waals surface area contributed by atoms with Crippen molar-refractivity contribution in [3.8, 4) is 5.75 Å². The number of nitrogens with zero attached hydrogens (tertiary/aromatic N) is 3. The Morgan fingerprint density at radius 3 is 2.31 bits per heavy atom. The van der Waals surface area contributed by atoms with Crippen molar-refractivity contribution in [3.63, 3.8) is 0 Å². The molecule has 1 saturated heterocycles. The van der Waals surface area contributed by atoms with E-state index >= 15 is 0 Å². The van der Waals surface area contributed by atoms with Gasteiger partial charge in [0, 0.05) is 39.3 Å². The van der Waals surface area contributed by atoms with Gasteiger partial charge in [-0.25, -0.2) is 0 Å². The van der Waals surface area contributed by atoms with Crippen LogP contribution in [-0.4, -0.2) is 83.6 Å². The highest BCUT2D eigenvalue weighted by atomic mass is 16.5. The van der Waals surface area contributed by atoms with Crippen LogP contribution in [0.3, 0.4) is 0 Å². The molecule has 0 bridgehead atoms. The fourth-order valence-electron chi connectivity index (χ4n) is 3.72. The van der Waals surface area contributed by atoms with E-state index in [1.165, 1.54) is 4.90 Å². The van der Waals surface area contributed by atoms with Gasteiger partial charge in [0.05, 0.1) is 18.3 Å². The molecule has 1 fully saturated rings. The lowest BCUT2D eigenvalue weighted by atomic mass is 10.0. The summed E-state index contributed by atoms with van der Waals surface area (Å²) in [6.07, 6.45) is 1.62. The van der Waals surface area contributed by atoms with Gasteiger partial charge in [0.2, 0.25) is 0 Å². The molecule has 2 aliphatic heterocycles. The Labute approximate surface area is 171 Å². The summed E-state index contributed by atoms with van der Waals surface area (Å²) < 4.78 is 5.69. The Hall–Kier alpha value is -2.64. The number of carbonyl (C=O) groups is 2. The summed E-state index contributed by atoms with van der Waals surface area (Å²) in [5, 5.41) is 9.14. The van der Waals surface area contributed by atoms with Crippen molar-refractivity contribution in [3.05, 3.63) is 48.2 Å². The molecule has 7 heteroatoms. The number of imide groups is 1. The Kier molecular flexibility index (Phi) is 6.71. The lowest BCUT2D eigenvalue weighted by Crippen LogP contribution is -2.48. The normalized spacial score (nSPS) is 18.2. The van der Waals surface area contributed by atoms with E-state index in [1.807, 2.05) is 43.0 Å². The first-order valence-corrected chi connectivity index (χ1v) is 10.0. The van der Waals surface area contributed by atoms with Gasteiger partial charge in [-0.2, -0.15) is 0 Å². The standard InChI is InChI=1S/C22H29N3O4/c1-4-9-25-21(27)19(17-5-7-18(8-6-17)29-16(2)3)20(22(25)28)24-12-10-23(11-13-24)14-15-26/h4-8,16,26H,1,9-15H2,2-3H3. The van der Waals surface area contributed by atoms with Crippen LogP contribution in [0.15, 0.2) is 42.6 Å². The van der Waals surface area contributed by atoms with Gasteiger partial charge in [0.15, 0.2) is 0 Å². The van der Waals surface area contributed by atoms with Gasteiger partial charge in [-0.15, -0.1) is 6.58 Å². The zero-order valence-corrected chi connectivity index (χ0v) is 17.1. The first kappa shape index (κ1) is 21.1. The van der Waals surface area contributed by atoms with E-state index in [9.17, 15) is 9.59 Å². The van der Waals surface area contributed by atoms with Crippen molar-refractivity contribution in [2.75, 3.05) is 45.9 Å². The van der Waals surface area contributed by atoms with Crippen LogP contribution >= 0.6 is 0 Å². The van der Waals surface area contributed by atoms with Gasteiger partial charge < -0.3 is 14.7 Å². The summed E-state index contributed by atoms with van der Waals surface area (Å²) in [6.45, 7) is 11.2. The van der Waals surface area contributed by atoms with Crippen molar-refractivity contribution in [1.29, 1.82) is 0 Å². The lowest BCUT2D eigenvalue weighted by Gasteiger charge is -2.36. The molecule has 29 heavy (non-hydrogen) atoms. The molecule has 0 spiro atoms. The van der Waals surface area contributed by atoms with Gasteiger partial charge in [-0.3, -0.25) is 19.4 Å². The second-order valence-electron chi connectivity index (χ2n) is 7.48. The molecule has 0 aliphatic carbocycles. The summed E-state index contributed by atoms with van der Waals surface area (Å²) in [4.78, 5) is 31.6. The fourth-order valence-corrected chi connectivity index (χ4v) is 3.72. The number of aliphatic hydroxyl groups is 1.